The number of carbonyl (C=O) groups excluding carboxylic acids is 1. The molecule has 0 amide bonds. The van der Waals surface area contributed by atoms with E-state index in [9.17, 15) is 9.59 Å². The number of pyridine rings is 2. The summed E-state index contributed by atoms with van der Waals surface area (Å²) < 4.78 is 17.1. The molecule has 24 heavy (non-hydrogen) atoms. The van der Waals surface area contributed by atoms with E-state index >= 15 is 0 Å². The molecule has 1 fully saturated rings. The van der Waals surface area contributed by atoms with Crippen LogP contribution in [0.4, 0.5) is 0 Å². The minimum absolute atomic E-state index is 0.0607. The summed E-state index contributed by atoms with van der Waals surface area (Å²) in [6.45, 7) is 4.40. The highest BCUT2D eigenvalue weighted by molar-refractivity contribution is 5.93. The third kappa shape index (κ3) is 3.10. The quantitative estimate of drug-likeness (QED) is 0.830. The second kappa shape index (κ2) is 6.21. The maximum Gasteiger partial charge on any atom is 0.343 e. The maximum atomic E-state index is 12.6. The molecule has 3 heterocycles. The third-order valence-corrected chi connectivity index (χ3v) is 3.71. The van der Waals surface area contributed by atoms with Gasteiger partial charge in [0, 0.05) is 11.6 Å². The molecule has 0 saturated carbocycles. The van der Waals surface area contributed by atoms with E-state index < -0.39 is 17.3 Å². The molecule has 0 aromatic carbocycles. The summed E-state index contributed by atoms with van der Waals surface area (Å²) in [5.41, 5.74) is 2.83. The first-order valence-electron chi connectivity index (χ1n) is 7.56. The lowest BCUT2D eigenvalue weighted by Gasteiger charge is -2.18. The number of carbonyl (C=O) groups is 1. The van der Waals surface area contributed by atoms with Crippen LogP contribution in [0.5, 0.6) is 0 Å². The summed E-state index contributed by atoms with van der Waals surface area (Å²) in [4.78, 5) is 28.7. The molecule has 8 heteroatoms. The lowest BCUT2D eigenvalue weighted by Crippen LogP contribution is -2.38. The summed E-state index contributed by atoms with van der Waals surface area (Å²) in [5, 5.41) is 0.647. The fourth-order valence-electron chi connectivity index (χ4n) is 2.60. The van der Waals surface area contributed by atoms with E-state index in [1.807, 2.05) is 13.8 Å². The van der Waals surface area contributed by atoms with Crippen molar-refractivity contribution in [2.75, 3.05) is 25.7 Å². The zero-order valence-electron chi connectivity index (χ0n) is 13.7. The fourth-order valence-corrected chi connectivity index (χ4v) is 2.60. The Balaban J connectivity index is 1.95. The van der Waals surface area contributed by atoms with Crippen LogP contribution in [0.25, 0.3) is 11.0 Å². The summed E-state index contributed by atoms with van der Waals surface area (Å²) in [6.07, 6.45) is 1.36. The molecule has 1 atom stereocenters. The molecule has 1 aliphatic rings. The Morgan fingerprint density at radius 2 is 2.33 bits per heavy atom. The molecule has 2 aromatic heterocycles. The number of aromatic nitrogens is 2. The topological polar surface area (TPSA) is 91.7 Å². The van der Waals surface area contributed by atoms with Crippen LogP contribution in [-0.4, -0.2) is 47.8 Å². The van der Waals surface area contributed by atoms with Gasteiger partial charge in [0.2, 0.25) is 0 Å². The van der Waals surface area contributed by atoms with Gasteiger partial charge in [0.25, 0.3) is 5.56 Å². The van der Waals surface area contributed by atoms with Gasteiger partial charge in [0.1, 0.15) is 11.7 Å². The average molecular weight is 333 g/mol. The molecule has 0 radical (unpaired) electrons. The molecule has 128 valence electrons. The Labute approximate surface area is 138 Å². The molecule has 0 bridgehead atoms. The predicted molar refractivity (Wildman–Crippen MR) is 86.5 cm³/mol. The van der Waals surface area contributed by atoms with Crippen molar-refractivity contribution >= 4 is 17.0 Å². The van der Waals surface area contributed by atoms with Crippen molar-refractivity contribution in [3.63, 3.8) is 0 Å². The molecule has 2 aromatic rings. The van der Waals surface area contributed by atoms with Gasteiger partial charge < -0.3 is 19.6 Å². The molecular weight excluding hydrogens is 314 g/mol. The minimum Gasteiger partial charge on any atom is -0.465 e. The van der Waals surface area contributed by atoms with Gasteiger partial charge in [-0.05, 0) is 32.0 Å². The molecule has 8 nitrogen and oxygen atoms in total. The van der Waals surface area contributed by atoms with Crippen LogP contribution in [0.1, 0.15) is 24.2 Å². The minimum atomic E-state index is -0.692. The molecule has 1 aliphatic heterocycles. The fraction of sp³-hybridized carbons (Fsp3) is 0.438. The van der Waals surface area contributed by atoms with Crippen LogP contribution in [-0.2, 0) is 14.2 Å². The number of methoxy groups -OCH3 is 1. The second-order valence-electron chi connectivity index (χ2n) is 5.92. The van der Waals surface area contributed by atoms with Crippen LogP contribution in [0.15, 0.2) is 29.2 Å². The number of hydrogen-bond donors (Lipinski definition) is 1. The Bertz CT molecular complexity index is 830. The summed E-state index contributed by atoms with van der Waals surface area (Å²) >= 11 is 0. The Morgan fingerprint density at radius 3 is 3.00 bits per heavy atom. The van der Waals surface area contributed by atoms with Crippen molar-refractivity contribution in [3.05, 3.63) is 40.3 Å². The lowest BCUT2D eigenvalue weighted by molar-refractivity contribution is -0.136. The first-order chi connectivity index (χ1) is 11.4. The standard InChI is InChI=1S/C16H19N3O5/c1-16(2)23-9-11(24-16)8-18-19-13-10(5-4-6-17-13)7-12(14(19)20)15(21)22-3/h4-7,11,18H,8-9H2,1-3H3. The van der Waals surface area contributed by atoms with Crippen LogP contribution in [0, 0.1) is 0 Å². The largest absolute Gasteiger partial charge is 0.465 e. The molecule has 0 spiro atoms. The number of ether oxygens (including phenoxy) is 3. The number of nitrogens with one attached hydrogen (secondary N) is 1. The molecular formula is C16H19N3O5. The van der Waals surface area contributed by atoms with Gasteiger partial charge >= 0.3 is 5.97 Å². The highest BCUT2D eigenvalue weighted by atomic mass is 16.7. The van der Waals surface area contributed by atoms with E-state index in [0.717, 1.165) is 0 Å². The van der Waals surface area contributed by atoms with Crippen LogP contribution in [0.3, 0.4) is 0 Å². The van der Waals surface area contributed by atoms with Crippen molar-refractivity contribution < 1.29 is 19.0 Å². The first kappa shape index (κ1) is 16.4. The summed E-state index contributed by atoms with van der Waals surface area (Å²) in [5.74, 6) is -1.34. The van der Waals surface area contributed by atoms with Gasteiger partial charge in [-0.2, -0.15) is 0 Å². The monoisotopic (exact) mass is 333 g/mol. The number of esters is 1. The smallest absolute Gasteiger partial charge is 0.343 e. The molecule has 1 saturated heterocycles. The third-order valence-electron chi connectivity index (χ3n) is 3.71. The lowest BCUT2D eigenvalue weighted by atomic mass is 10.2. The summed E-state index contributed by atoms with van der Waals surface area (Å²) in [7, 11) is 1.23. The maximum absolute atomic E-state index is 12.6. The van der Waals surface area contributed by atoms with E-state index in [0.29, 0.717) is 24.2 Å². The van der Waals surface area contributed by atoms with E-state index in [2.05, 4.69) is 15.1 Å². The van der Waals surface area contributed by atoms with Crippen molar-refractivity contribution in [3.8, 4) is 0 Å². The van der Waals surface area contributed by atoms with Gasteiger partial charge in [-0.15, -0.1) is 0 Å². The Morgan fingerprint density at radius 1 is 1.54 bits per heavy atom. The second-order valence-corrected chi connectivity index (χ2v) is 5.92. The SMILES string of the molecule is COC(=O)c1cc2cccnc2n(NCC2COC(C)(C)O2)c1=O. The van der Waals surface area contributed by atoms with Crippen molar-refractivity contribution in [2.24, 2.45) is 0 Å². The van der Waals surface area contributed by atoms with Gasteiger partial charge in [-0.25, -0.2) is 14.5 Å². The number of fused-ring (bicyclic) bond motifs is 1. The highest BCUT2D eigenvalue weighted by Gasteiger charge is 2.32. The Kier molecular flexibility index (Phi) is 4.25. The highest BCUT2D eigenvalue weighted by Crippen LogP contribution is 2.22. The normalized spacial score (nSPS) is 19.4. The van der Waals surface area contributed by atoms with Gasteiger partial charge in [0.15, 0.2) is 11.4 Å². The molecule has 1 unspecified atom stereocenters. The predicted octanol–water partition coefficient (Wildman–Crippen LogP) is 0.878. The van der Waals surface area contributed by atoms with Gasteiger partial charge in [-0.3, -0.25) is 4.79 Å². The molecule has 3 rings (SSSR count). The van der Waals surface area contributed by atoms with Crippen LogP contribution in [0.2, 0.25) is 0 Å². The van der Waals surface area contributed by atoms with Gasteiger partial charge in [-0.1, -0.05) is 0 Å². The summed E-state index contributed by atoms with van der Waals surface area (Å²) in [6, 6.07) is 4.98. The molecule has 1 N–H and O–H groups in total. The van der Waals surface area contributed by atoms with Crippen molar-refractivity contribution in [1.82, 2.24) is 9.66 Å². The van der Waals surface area contributed by atoms with Crippen LogP contribution >= 0.6 is 0 Å². The Hall–Kier alpha value is -2.45. The van der Waals surface area contributed by atoms with E-state index in [4.69, 9.17) is 9.47 Å². The number of rotatable bonds is 4. The zero-order chi connectivity index (χ0) is 17.3. The van der Waals surface area contributed by atoms with Gasteiger partial charge in [0.05, 0.1) is 20.3 Å². The van der Waals surface area contributed by atoms with Crippen molar-refractivity contribution in [2.45, 2.75) is 25.7 Å². The van der Waals surface area contributed by atoms with E-state index in [1.165, 1.54) is 17.9 Å². The van der Waals surface area contributed by atoms with E-state index in [-0.39, 0.29) is 11.7 Å². The first-order valence-corrected chi connectivity index (χ1v) is 7.56. The van der Waals surface area contributed by atoms with Crippen LogP contribution < -0.4 is 11.0 Å². The number of hydrogen-bond acceptors (Lipinski definition) is 7. The van der Waals surface area contributed by atoms with E-state index in [1.54, 1.807) is 18.3 Å². The molecule has 0 aliphatic carbocycles. The zero-order valence-corrected chi connectivity index (χ0v) is 13.7. The van der Waals surface area contributed by atoms with Crippen molar-refractivity contribution in [1.29, 1.82) is 0 Å². The average Bonchev–Trinajstić information content (AvgIpc) is 2.92. The number of nitrogens with zero attached hydrogens (tertiary/aromatic N) is 2.